The van der Waals surface area contributed by atoms with E-state index in [0.29, 0.717) is 5.92 Å². The van der Waals surface area contributed by atoms with Crippen molar-refractivity contribution >= 4 is 10.8 Å². The Morgan fingerprint density at radius 1 is 1.30 bits per heavy atom. The van der Waals surface area contributed by atoms with Crippen LogP contribution in [0.5, 0.6) is 0 Å². The van der Waals surface area contributed by atoms with Gasteiger partial charge in [0.05, 0.1) is 6.10 Å². The summed E-state index contributed by atoms with van der Waals surface area (Å²) in [7, 11) is 0. The Morgan fingerprint density at radius 2 is 2.20 bits per heavy atom. The predicted octanol–water partition coefficient (Wildman–Crippen LogP) is 3.31. The van der Waals surface area contributed by atoms with Crippen LogP contribution in [0.3, 0.4) is 0 Å². The number of nitrogens with one attached hydrogen (secondary N) is 1. The van der Waals surface area contributed by atoms with Crippen molar-refractivity contribution in [1.82, 2.24) is 10.3 Å². The van der Waals surface area contributed by atoms with Gasteiger partial charge in [-0.3, -0.25) is 4.98 Å². The summed E-state index contributed by atoms with van der Waals surface area (Å²) in [5.74, 6) is 0.550. The second-order valence-corrected chi connectivity index (χ2v) is 5.49. The number of pyridine rings is 1. The van der Waals surface area contributed by atoms with E-state index in [1.165, 1.54) is 22.8 Å². The number of ether oxygens (including phenoxy) is 1. The van der Waals surface area contributed by atoms with Crippen LogP contribution in [0.1, 0.15) is 31.4 Å². The second kappa shape index (κ2) is 6.33. The lowest BCUT2D eigenvalue weighted by Crippen LogP contribution is -2.25. The molecule has 0 aliphatic carbocycles. The fourth-order valence-electron chi connectivity index (χ4n) is 3.02. The first-order valence-electron chi connectivity index (χ1n) is 7.55. The first-order valence-corrected chi connectivity index (χ1v) is 7.55. The van der Waals surface area contributed by atoms with Crippen molar-refractivity contribution in [2.75, 3.05) is 19.7 Å². The Morgan fingerprint density at radius 3 is 3.10 bits per heavy atom. The standard InChI is InChI=1S/C17H22N2O/c1-2-8-18-11-14-7-9-20-17(14)16-12-19-10-13-5-3-4-6-15(13)16/h3-6,10,12,14,17-18H,2,7-9,11H2,1H3. The highest BCUT2D eigenvalue weighted by atomic mass is 16.5. The van der Waals surface area contributed by atoms with Gasteiger partial charge in [0, 0.05) is 42.4 Å². The third-order valence-electron chi connectivity index (χ3n) is 4.05. The minimum Gasteiger partial charge on any atom is -0.373 e. The van der Waals surface area contributed by atoms with Gasteiger partial charge in [-0.15, -0.1) is 0 Å². The van der Waals surface area contributed by atoms with Crippen molar-refractivity contribution in [3.05, 3.63) is 42.2 Å². The molecule has 2 unspecified atom stereocenters. The second-order valence-electron chi connectivity index (χ2n) is 5.49. The molecule has 0 radical (unpaired) electrons. The molecule has 0 saturated carbocycles. The Labute approximate surface area is 120 Å². The van der Waals surface area contributed by atoms with E-state index in [1.54, 1.807) is 0 Å². The van der Waals surface area contributed by atoms with Crippen LogP contribution in [0, 0.1) is 5.92 Å². The van der Waals surface area contributed by atoms with Gasteiger partial charge in [-0.25, -0.2) is 0 Å². The van der Waals surface area contributed by atoms with Crippen molar-refractivity contribution < 1.29 is 4.74 Å². The fraction of sp³-hybridized carbons (Fsp3) is 0.471. The summed E-state index contributed by atoms with van der Waals surface area (Å²) >= 11 is 0. The SMILES string of the molecule is CCCNCC1CCOC1c1cncc2ccccc12. The maximum Gasteiger partial charge on any atom is 0.0886 e. The Bertz CT molecular complexity index is 564. The first-order chi connectivity index (χ1) is 9.90. The highest BCUT2D eigenvalue weighted by Crippen LogP contribution is 2.37. The van der Waals surface area contributed by atoms with E-state index in [1.807, 2.05) is 12.4 Å². The lowest BCUT2D eigenvalue weighted by Gasteiger charge is -2.20. The summed E-state index contributed by atoms with van der Waals surface area (Å²) in [6.07, 6.45) is 6.39. The molecule has 1 fully saturated rings. The molecule has 3 heteroatoms. The van der Waals surface area contributed by atoms with Crippen LogP contribution >= 0.6 is 0 Å². The van der Waals surface area contributed by atoms with E-state index < -0.39 is 0 Å². The van der Waals surface area contributed by atoms with E-state index in [0.717, 1.165) is 26.1 Å². The molecule has 1 N–H and O–H groups in total. The van der Waals surface area contributed by atoms with Gasteiger partial charge in [-0.05, 0) is 24.8 Å². The highest BCUT2D eigenvalue weighted by molar-refractivity contribution is 5.85. The number of aromatic nitrogens is 1. The van der Waals surface area contributed by atoms with Gasteiger partial charge in [0.1, 0.15) is 0 Å². The molecule has 106 valence electrons. The average molecular weight is 270 g/mol. The average Bonchev–Trinajstić information content (AvgIpc) is 2.95. The molecule has 2 atom stereocenters. The van der Waals surface area contributed by atoms with Gasteiger partial charge < -0.3 is 10.1 Å². The molecule has 1 aromatic heterocycles. The van der Waals surface area contributed by atoms with Crippen LogP contribution in [0.4, 0.5) is 0 Å². The van der Waals surface area contributed by atoms with Crippen molar-refractivity contribution in [3.63, 3.8) is 0 Å². The molecular weight excluding hydrogens is 248 g/mol. The Balaban J connectivity index is 1.86. The van der Waals surface area contributed by atoms with Crippen LogP contribution < -0.4 is 5.32 Å². The topological polar surface area (TPSA) is 34.1 Å². The molecular formula is C17H22N2O. The number of nitrogens with zero attached hydrogens (tertiary/aromatic N) is 1. The van der Waals surface area contributed by atoms with E-state index in [2.05, 4.69) is 41.5 Å². The van der Waals surface area contributed by atoms with Crippen LogP contribution in [0.15, 0.2) is 36.7 Å². The fourth-order valence-corrected chi connectivity index (χ4v) is 3.02. The lowest BCUT2D eigenvalue weighted by atomic mass is 9.93. The number of fused-ring (bicyclic) bond motifs is 1. The highest BCUT2D eigenvalue weighted by Gasteiger charge is 2.30. The smallest absolute Gasteiger partial charge is 0.0886 e. The minimum absolute atomic E-state index is 0.179. The predicted molar refractivity (Wildman–Crippen MR) is 81.7 cm³/mol. The van der Waals surface area contributed by atoms with Crippen LogP contribution in [-0.4, -0.2) is 24.7 Å². The van der Waals surface area contributed by atoms with E-state index in [9.17, 15) is 0 Å². The van der Waals surface area contributed by atoms with Crippen LogP contribution in [0.25, 0.3) is 10.8 Å². The summed E-state index contributed by atoms with van der Waals surface area (Å²) in [4.78, 5) is 4.39. The van der Waals surface area contributed by atoms with Gasteiger partial charge in [0.15, 0.2) is 0 Å². The van der Waals surface area contributed by atoms with E-state index in [4.69, 9.17) is 4.74 Å². The molecule has 1 aliphatic rings. The summed E-state index contributed by atoms with van der Waals surface area (Å²) in [6.45, 7) is 5.16. The zero-order valence-electron chi connectivity index (χ0n) is 12.0. The minimum atomic E-state index is 0.179. The number of benzene rings is 1. The maximum atomic E-state index is 6.01. The van der Waals surface area contributed by atoms with Crippen molar-refractivity contribution in [2.45, 2.75) is 25.9 Å². The van der Waals surface area contributed by atoms with Gasteiger partial charge in [-0.1, -0.05) is 31.2 Å². The number of hydrogen-bond acceptors (Lipinski definition) is 3. The normalized spacial score (nSPS) is 22.4. The third-order valence-corrected chi connectivity index (χ3v) is 4.05. The molecule has 2 aromatic rings. The van der Waals surface area contributed by atoms with Crippen molar-refractivity contribution in [2.24, 2.45) is 5.92 Å². The summed E-state index contributed by atoms with van der Waals surface area (Å²) in [5, 5.41) is 5.99. The van der Waals surface area contributed by atoms with E-state index >= 15 is 0 Å². The van der Waals surface area contributed by atoms with Gasteiger partial charge in [0.25, 0.3) is 0 Å². The largest absolute Gasteiger partial charge is 0.373 e. The molecule has 1 saturated heterocycles. The molecule has 3 nitrogen and oxygen atoms in total. The molecule has 0 amide bonds. The molecule has 3 rings (SSSR count). The molecule has 1 aliphatic heterocycles. The quantitative estimate of drug-likeness (QED) is 0.846. The summed E-state index contributed by atoms with van der Waals surface area (Å²) < 4.78 is 6.01. The Kier molecular flexibility index (Phi) is 4.28. The number of rotatable bonds is 5. The number of hydrogen-bond donors (Lipinski definition) is 1. The van der Waals surface area contributed by atoms with Gasteiger partial charge in [0.2, 0.25) is 0 Å². The van der Waals surface area contributed by atoms with Gasteiger partial charge >= 0.3 is 0 Å². The van der Waals surface area contributed by atoms with E-state index in [-0.39, 0.29) is 6.10 Å². The Hall–Kier alpha value is -1.45. The first kappa shape index (κ1) is 13.5. The monoisotopic (exact) mass is 270 g/mol. The summed E-state index contributed by atoms with van der Waals surface area (Å²) in [6, 6.07) is 8.43. The molecule has 20 heavy (non-hydrogen) atoms. The van der Waals surface area contributed by atoms with Crippen LogP contribution in [-0.2, 0) is 4.74 Å². The molecule has 1 aromatic carbocycles. The molecule has 0 bridgehead atoms. The zero-order chi connectivity index (χ0) is 13.8. The molecule has 0 spiro atoms. The van der Waals surface area contributed by atoms with Gasteiger partial charge in [-0.2, -0.15) is 0 Å². The van der Waals surface area contributed by atoms with Crippen molar-refractivity contribution in [1.29, 1.82) is 0 Å². The lowest BCUT2D eigenvalue weighted by molar-refractivity contribution is 0.0914. The molecule has 2 heterocycles. The third kappa shape index (κ3) is 2.69. The maximum absolute atomic E-state index is 6.01. The van der Waals surface area contributed by atoms with Crippen LogP contribution in [0.2, 0.25) is 0 Å². The van der Waals surface area contributed by atoms with Crippen molar-refractivity contribution in [3.8, 4) is 0 Å². The zero-order valence-corrected chi connectivity index (χ0v) is 12.0. The summed E-state index contributed by atoms with van der Waals surface area (Å²) in [5.41, 5.74) is 1.24.